The van der Waals surface area contributed by atoms with Crippen molar-refractivity contribution in [1.29, 1.82) is 0 Å². The lowest BCUT2D eigenvalue weighted by Crippen LogP contribution is -1.87. The Labute approximate surface area is 127 Å². The molecule has 0 amide bonds. The first-order valence-corrected chi connectivity index (χ1v) is 7.33. The van der Waals surface area contributed by atoms with Crippen LogP contribution in [0.1, 0.15) is 0 Å². The van der Waals surface area contributed by atoms with Gasteiger partial charge in [-0.05, 0) is 46.5 Å². The van der Waals surface area contributed by atoms with Crippen LogP contribution in [-0.4, -0.2) is 27.0 Å². The maximum Gasteiger partial charge on any atom is 0.172 e. The number of nitrogens with zero attached hydrogens (tertiary/aromatic N) is 3. The van der Waals surface area contributed by atoms with Crippen molar-refractivity contribution >= 4 is 45.4 Å². The fraction of sp³-hybridized carbons (Fsp3) is 0.0833. The van der Waals surface area contributed by atoms with Gasteiger partial charge in [-0.25, -0.2) is 15.0 Å². The van der Waals surface area contributed by atoms with Gasteiger partial charge < -0.3 is 9.72 Å². The fourth-order valence-corrected chi connectivity index (χ4v) is 2.98. The van der Waals surface area contributed by atoms with Crippen LogP contribution in [0.2, 0.25) is 0 Å². The molecule has 1 N–H and O–H groups in total. The number of rotatable bonds is 3. The second-order valence-electron chi connectivity index (χ2n) is 3.70. The third-order valence-corrected chi connectivity index (χ3v) is 4.56. The predicted molar refractivity (Wildman–Crippen MR) is 81.5 cm³/mol. The lowest BCUT2D eigenvalue weighted by molar-refractivity contribution is 0.415. The van der Waals surface area contributed by atoms with E-state index in [1.54, 1.807) is 13.3 Å². The van der Waals surface area contributed by atoms with Gasteiger partial charge in [0, 0.05) is 12.3 Å². The van der Waals surface area contributed by atoms with E-state index in [0.717, 1.165) is 30.5 Å². The molecule has 7 heteroatoms. The Balaban J connectivity index is 1.95. The molecule has 19 heavy (non-hydrogen) atoms. The zero-order valence-electron chi connectivity index (χ0n) is 9.92. The van der Waals surface area contributed by atoms with E-state index in [1.165, 1.54) is 18.1 Å². The summed E-state index contributed by atoms with van der Waals surface area (Å²) in [5.41, 5.74) is 1.86. The number of hydrogen-bond donors (Lipinski definition) is 1. The van der Waals surface area contributed by atoms with Gasteiger partial charge in [0.15, 0.2) is 5.16 Å². The molecule has 96 valence electrons. The molecule has 3 aromatic rings. The highest BCUT2D eigenvalue weighted by molar-refractivity contribution is 14.1. The summed E-state index contributed by atoms with van der Waals surface area (Å²) in [6.45, 7) is 0. The zero-order valence-corrected chi connectivity index (χ0v) is 12.9. The van der Waals surface area contributed by atoms with E-state index in [2.05, 4.69) is 42.5 Å². The number of imidazole rings is 1. The van der Waals surface area contributed by atoms with E-state index in [4.69, 9.17) is 4.74 Å². The van der Waals surface area contributed by atoms with Gasteiger partial charge in [-0.15, -0.1) is 0 Å². The van der Waals surface area contributed by atoms with Crippen molar-refractivity contribution in [3.63, 3.8) is 0 Å². The van der Waals surface area contributed by atoms with Gasteiger partial charge in [0.1, 0.15) is 17.1 Å². The van der Waals surface area contributed by atoms with E-state index < -0.39 is 0 Å². The summed E-state index contributed by atoms with van der Waals surface area (Å²) in [4.78, 5) is 16.0. The second-order valence-corrected chi connectivity index (χ2v) is 5.84. The van der Waals surface area contributed by atoms with Crippen LogP contribution in [0.25, 0.3) is 11.0 Å². The van der Waals surface area contributed by atoms with Crippen LogP contribution in [0.5, 0.6) is 5.75 Å². The van der Waals surface area contributed by atoms with Gasteiger partial charge in [0.2, 0.25) is 0 Å². The Kier molecular flexibility index (Phi) is 3.56. The number of aromatic amines is 1. The van der Waals surface area contributed by atoms with Gasteiger partial charge in [0.25, 0.3) is 0 Å². The van der Waals surface area contributed by atoms with Crippen LogP contribution in [0.15, 0.2) is 40.9 Å². The monoisotopic (exact) mass is 384 g/mol. The van der Waals surface area contributed by atoms with Gasteiger partial charge in [-0.3, -0.25) is 0 Å². The summed E-state index contributed by atoms with van der Waals surface area (Å²) in [7, 11) is 1.65. The molecule has 0 atom stereocenters. The standard InChI is InChI=1S/C12H9IN4OS/c1-18-7-2-3-9-10(4-7)17-12(16-9)19-11-8(13)5-14-6-15-11/h2-6H,1H3,(H,16,17). The van der Waals surface area contributed by atoms with E-state index in [0.29, 0.717) is 0 Å². The van der Waals surface area contributed by atoms with Crippen LogP contribution in [0.3, 0.4) is 0 Å². The molecule has 0 saturated carbocycles. The number of H-pyrrole nitrogens is 1. The molecule has 0 fully saturated rings. The third kappa shape index (κ3) is 2.66. The Morgan fingerprint density at radius 1 is 1.37 bits per heavy atom. The molecule has 0 spiro atoms. The van der Waals surface area contributed by atoms with Crippen molar-refractivity contribution in [1.82, 2.24) is 19.9 Å². The van der Waals surface area contributed by atoms with Gasteiger partial charge in [-0.2, -0.15) is 0 Å². The summed E-state index contributed by atoms with van der Waals surface area (Å²) < 4.78 is 6.20. The number of aromatic nitrogens is 4. The average Bonchev–Trinajstić information content (AvgIpc) is 2.82. The van der Waals surface area contributed by atoms with Crippen molar-refractivity contribution < 1.29 is 4.74 Å². The Bertz CT molecular complexity index is 731. The molecule has 0 unspecified atom stereocenters. The summed E-state index contributed by atoms with van der Waals surface area (Å²) >= 11 is 3.70. The van der Waals surface area contributed by atoms with Gasteiger partial charge in [-0.1, -0.05) is 0 Å². The lowest BCUT2D eigenvalue weighted by atomic mass is 10.3. The van der Waals surface area contributed by atoms with Gasteiger partial charge in [0.05, 0.1) is 21.7 Å². The second kappa shape index (κ2) is 5.33. The minimum absolute atomic E-state index is 0.805. The maximum absolute atomic E-state index is 5.19. The number of nitrogens with one attached hydrogen (secondary N) is 1. The smallest absolute Gasteiger partial charge is 0.172 e. The molecular formula is C12H9IN4OS. The Hall–Kier alpha value is -1.35. The Morgan fingerprint density at radius 3 is 3.05 bits per heavy atom. The zero-order chi connectivity index (χ0) is 13.2. The van der Waals surface area contributed by atoms with E-state index >= 15 is 0 Å². The van der Waals surface area contributed by atoms with Crippen molar-refractivity contribution in [3.05, 3.63) is 34.3 Å². The van der Waals surface area contributed by atoms with Crippen LogP contribution in [0.4, 0.5) is 0 Å². The summed E-state index contributed by atoms with van der Waals surface area (Å²) in [5, 5.41) is 1.70. The van der Waals surface area contributed by atoms with Crippen LogP contribution in [-0.2, 0) is 0 Å². The summed E-state index contributed by atoms with van der Waals surface area (Å²) in [6.07, 6.45) is 3.32. The highest BCUT2D eigenvalue weighted by Crippen LogP contribution is 2.29. The first-order chi connectivity index (χ1) is 9.26. The van der Waals surface area contributed by atoms with Crippen LogP contribution in [0, 0.1) is 3.57 Å². The molecule has 0 aliphatic carbocycles. The van der Waals surface area contributed by atoms with Crippen LogP contribution < -0.4 is 4.74 Å². The number of ether oxygens (including phenoxy) is 1. The van der Waals surface area contributed by atoms with Crippen molar-refractivity contribution in [2.45, 2.75) is 10.2 Å². The molecule has 0 bridgehead atoms. The molecule has 0 radical (unpaired) electrons. The molecule has 3 rings (SSSR count). The number of benzene rings is 1. The molecule has 2 aromatic heterocycles. The van der Waals surface area contributed by atoms with E-state index in [9.17, 15) is 0 Å². The number of fused-ring (bicyclic) bond motifs is 1. The quantitative estimate of drug-likeness (QED) is 0.556. The predicted octanol–water partition coefficient (Wildman–Crippen LogP) is 3.12. The van der Waals surface area contributed by atoms with Crippen LogP contribution >= 0.6 is 34.4 Å². The minimum Gasteiger partial charge on any atom is -0.497 e. The third-order valence-electron chi connectivity index (χ3n) is 2.49. The molecule has 0 saturated heterocycles. The highest BCUT2D eigenvalue weighted by Gasteiger charge is 2.08. The molecule has 2 heterocycles. The topological polar surface area (TPSA) is 63.7 Å². The first kappa shape index (κ1) is 12.7. The first-order valence-electron chi connectivity index (χ1n) is 5.43. The summed E-state index contributed by atoms with van der Waals surface area (Å²) in [5.74, 6) is 0.810. The Morgan fingerprint density at radius 2 is 2.26 bits per heavy atom. The minimum atomic E-state index is 0.805. The van der Waals surface area contributed by atoms with Crippen molar-refractivity contribution in [3.8, 4) is 5.75 Å². The molecule has 1 aromatic carbocycles. The molecule has 0 aliphatic heterocycles. The van der Waals surface area contributed by atoms with Crippen molar-refractivity contribution in [2.24, 2.45) is 0 Å². The number of methoxy groups -OCH3 is 1. The van der Waals surface area contributed by atoms with Crippen molar-refractivity contribution in [2.75, 3.05) is 7.11 Å². The molecule has 0 aliphatic rings. The molecular weight excluding hydrogens is 375 g/mol. The fourth-order valence-electron chi connectivity index (χ4n) is 1.61. The maximum atomic E-state index is 5.19. The largest absolute Gasteiger partial charge is 0.497 e. The SMILES string of the molecule is COc1ccc2nc(Sc3ncncc3I)[nH]c2c1. The molecule has 5 nitrogen and oxygen atoms in total. The van der Waals surface area contributed by atoms with E-state index in [1.807, 2.05) is 18.2 Å². The van der Waals surface area contributed by atoms with E-state index in [-0.39, 0.29) is 0 Å². The number of hydrogen-bond acceptors (Lipinski definition) is 5. The number of halogens is 1. The normalized spacial score (nSPS) is 10.8. The highest BCUT2D eigenvalue weighted by atomic mass is 127. The lowest BCUT2D eigenvalue weighted by Gasteiger charge is -1.98. The van der Waals surface area contributed by atoms with Gasteiger partial charge >= 0.3 is 0 Å². The average molecular weight is 384 g/mol. The summed E-state index contributed by atoms with van der Waals surface area (Å²) in [6, 6.07) is 5.75.